The smallest absolute Gasteiger partial charge is 0.406 e. The molecule has 0 saturated heterocycles. The molecule has 0 aromatic heterocycles. The summed E-state index contributed by atoms with van der Waals surface area (Å²) in [7, 11) is -0.343. The van der Waals surface area contributed by atoms with Crippen molar-refractivity contribution in [2.24, 2.45) is 0 Å². The van der Waals surface area contributed by atoms with Gasteiger partial charge in [0.05, 0.1) is 7.11 Å². The summed E-state index contributed by atoms with van der Waals surface area (Å²) < 4.78 is 9.93. The van der Waals surface area contributed by atoms with Crippen LogP contribution in [0.2, 0.25) is 13.1 Å². The molecule has 0 atom stereocenters. The molecule has 1 amide bonds. The van der Waals surface area contributed by atoms with Crippen LogP contribution in [0.5, 0.6) is 0 Å². The summed E-state index contributed by atoms with van der Waals surface area (Å²) in [4.78, 5) is 10.7. The van der Waals surface area contributed by atoms with Crippen LogP contribution < -0.4 is 5.32 Å². The van der Waals surface area contributed by atoms with Gasteiger partial charge in [-0.05, 0) is 20.0 Å². The van der Waals surface area contributed by atoms with E-state index in [1.54, 1.807) is 0 Å². The molecule has 0 rings (SSSR count). The summed E-state index contributed by atoms with van der Waals surface area (Å²) in [5.74, 6) is 0. The highest BCUT2D eigenvalue weighted by atomic mass is 28.4. The molecule has 0 aromatic carbocycles. The van der Waals surface area contributed by atoms with Gasteiger partial charge in [0.25, 0.3) is 0 Å². The SMILES string of the molecule is CCO[Si](C)(C)CNC(=O)OC. The van der Waals surface area contributed by atoms with Crippen LogP contribution >= 0.6 is 0 Å². The van der Waals surface area contributed by atoms with Crippen molar-refractivity contribution in [3.8, 4) is 0 Å². The van der Waals surface area contributed by atoms with E-state index >= 15 is 0 Å². The van der Waals surface area contributed by atoms with Crippen LogP contribution in [-0.4, -0.2) is 34.3 Å². The number of amides is 1. The zero-order chi connectivity index (χ0) is 9.61. The fourth-order valence-electron chi connectivity index (χ4n) is 0.799. The van der Waals surface area contributed by atoms with Crippen LogP contribution in [0.15, 0.2) is 0 Å². The van der Waals surface area contributed by atoms with E-state index < -0.39 is 14.4 Å². The van der Waals surface area contributed by atoms with E-state index in [2.05, 4.69) is 10.1 Å². The van der Waals surface area contributed by atoms with Crippen LogP contribution in [0.4, 0.5) is 4.79 Å². The average molecular weight is 191 g/mol. The number of hydrogen-bond acceptors (Lipinski definition) is 3. The molecule has 0 aliphatic heterocycles. The third-order valence-electron chi connectivity index (χ3n) is 1.38. The maximum atomic E-state index is 10.7. The maximum absolute atomic E-state index is 10.7. The Bertz CT molecular complexity index is 150. The predicted octanol–water partition coefficient (Wildman–Crippen LogP) is 1.12. The Morgan fingerprint density at radius 3 is 2.50 bits per heavy atom. The third-order valence-corrected chi connectivity index (χ3v) is 3.48. The van der Waals surface area contributed by atoms with Crippen LogP contribution in [0.1, 0.15) is 6.92 Å². The van der Waals surface area contributed by atoms with E-state index in [9.17, 15) is 4.79 Å². The Balaban J connectivity index is 3.67. The first kappa shape index (κ1) is 11.4. The molecule has 72 valence electrons. The molecule has 0 aromatic rings. The van der Waals surface area contributed by atoms with E-state index in [0.29, 0.717) is 12.8 Å². The van der Waals surface area contributed by atoms with Crippen molar-refractivity contribution in [3.05, 3.63) is 0 Å². The highest BCUT2D eigenvalue weighted by Crippen LogP contribution is 2.01. The van der Waals surface area contributed by atoms with Gasteiger partial charge in [-0.25, -0.2) is 4.79 Å². The Kier molecular flexibility index (Phi) is 4.92. The Morgan fingerprint density at radius 2 is 2.08 bits per heavy atom. The number of ether oxygens (including phenoxy) is 1. The molecule has 0 bridgehead atoms. The molecule has 0 aliphatic carbocycles. The lowest BCUT2D eigenvalue weighted by molar-refractivity contribution is 0.172. The molecular formula is C7H17NO3Si. The first-order chi connectivity index (χ1) is 5.52. The number of hydrogen-bond donors (Lipinski definition) is 1. The normalized spacial score (nSPS) is 11.0. The average Bonchev–Trinajstić information content (AvgIpc) is 2.00. The van der Waals surface area contributed by atoms with E-state index in [4.69, 9.17) is 4.43 Å². The molecule has 5 heteroatoms. The molecule has 1 N–H and O–H groups in total. The molecular weight excluding hydrogens is 174 g/mol. The first-order valence-electron chi connectivity index (χ1n) is 3.97. The van der Waals surface area contributed by atoms with Gasteiger partial charge in [0.1, 0.15) is 0 Å². The molecule has 0 fully saturated rings. The lowest BCUT2D eigenvalue weighted by Crippen LogP contribution is -2.44. The molecule has 12 heavy (non-hydrogen) atoms. The summed E-state index contributed by atoms with van der Waals surface area (Å²) in [6.45, 7) is 6.74. The minimum atomic E-state index is -1.69. The second kappa shape index (κ2) is 5.16. The van der Waals surface area contributed by atoms with Crippen LogP contribution in [0, 0.1) is 0 Å². The third kappa shape index (κ3) is 5.14. The molecule has 0 radical (unpaired) electrons. The minimum absolute atomic E-state index is 0.393. The molecule has 0 saturated carbocycles. The Labute approximate surface area is 74.4 Å². The van der Waals surface area contributed by atoms with Gasteiger partial charge < -0.3 is 14.5 Å². The zero-order valence-electron chi connectivity index (χ0n) is 8.14. The number of rotatable bonds is 4. The van der Waals surface area contributed by atoms with Gasteiger partial charge in [-0.1, -0.05) is 0 Å². The summed E-state index contributed by atoms with van der Waals surface area (Å²) in [5, 5.41) is 2.63. The monoisotopic (exact) mass is 191 g/mol. The topological polar surface area (TPSA) is 47.6 Å². The van der Waals surface area contributed by atoms with Crippen LogP contribution in [0.25, 0.3) is 0 Å². The van der Waals surface area contributed by atoms with E-state index in [1.165, 1.54) is 7.11 Å². The van der Waals surface area contributed by atoms with Gasteiger partial charge in [0.2, 0.25) is 8.32 Å². The Morgan fingerprint density at radius 1 is 1.50 bits per heavy atom. The molecule has 0 spiro atoms. The van der Waals surface area contributed by atoms with E-state index in [1.807, 2.05) is 20.0 Å². The fourth-order valence-corrected chi connectivity index (χ4v) is 2.25. The second-order valence-electron chi connectivity index (χ2n) is 3.04. The summed E-state index contributed by atoms with van der Waals surface area (Å²) >= 11 is 0. The quantitative estimate of drug-likeness (QED) is 0.677. The van der Waals surface area contributed by atoms with Crippen molar-refractivity contribution in [3.63, 3.8) is 0 Å². The van der Waals surface area contributed by atoms with Gasteiger partial charge in [0, 0.05) is 12.8 Å². The molecule has 0 unspecified atom stereocenters. The molecule has 0 aliphatic rings. The van der Waals surface area contributed by atoms with Crippen molar-refractivity contribution in [1.29, 1.82) is 0 Å². The minimum Gasteiger partial charge on any atom is -0.453 e. The maximum Gasteiger partial charge on any atom is 0.406 e. The number of methoxy groups -OCH3 is 1. The van der Waals surface area contributed by atoms with Gasteiger partial charge in [0.15, 0.2) is 0 Å². The lowest BCUT2D eigenvalue weighted by atomic mass is 10.9. The second-order valence-corrected chi connectivity index (χ2v) is 7.20. The van der Waals surface area contributed by atoms with Gasteiger partial charge in [-0.2, -0.15) is 0 Å². The first-order valence-corrected chi connectivity index (χ1v) is 7.09. The van der Waals surface area contributed by atoms with Crippen molar-refractivity contribution >= 4 is 14.4 Å². The standard InChI is InChI=1S/C7H17NO3Si/c1-5-11-12(3,4)6-8-7(9)10-2/h5-6H2,1-4H3,(H,8,9). The van der Waals surface area contributed by atoms with Crippen LogP contribution in [-0.2, 0) is 9.16 Å². The highest BCUT2D eigenvalue weighted by molar-refractivity contribution is 6.71. The summed E-state index contributed by atoms with van der Waals surface area (Å²) in [5.41, 5.74) is 0. The predicted molar refractivity (Wildman–Crippen MR) is 49.5 cm³/mol. The Hall–Kier alpha value is -0.553. The number of carbonyl (C=O) groups is 1. The molecule has 0 heterocycles. The van der Waals surface area contributed by atoms with Gasteiger partial charge in [-0.3, -0.25) is 0 Å². The summed E-state index contributed by atoms with van der Waals surface area (Å²) in [6, 6.07) is 0. The van der Waals surface area contributed by atoms with Crippen molar-refractivity contribution in [2.75, 3.05) is 19.9 Å². The number of nitrogens with one attached hydrogen (secondary N) is 1. The largest absolute Gasteiger partial charge is 0.453 e. The van der Waals surface area contributed by atoms with Crippen molar-refractivity contribution in [1.82, 2.24) is 5.32 Å². The van der Waals surface area contributed by atoms with Crippen molar-refractivity contribution in [2.45, 2.75) is 20.0 Å². The fraction of sp³-hybridized carbons (Fsp3) is 0.857. The molecule has 4 nitrogen and oxygen atoms in total. The number of alkyl carbamates (subject to hydrolysis) is 1. The van der Waals surface area contributed by atoms with Crippen LogP contribution in [0.3, 0.4) is 0 Å². The van der Waals surface area contributed by atoms with Gasteiger partial charge in [-0.15, -0.1) is 0 Å². The number of carbonyl (C=O) groups excluding carboxylic acids is 1. The van der Waals surface area contributed by atoms with E-state index in [-0.39, 0.29) is 0 Å². The van der Waals surface area contributed by atoms with Gasteiger partial charge >= 0.3 is 6.09 Å². The van der Waals surface area contributed by atoms with E-state index in [0.717, 1.165) is 0 Å². The lowest BCUT2D eigenvalue weighted by Gasteiger charge is -2.21. The highest BCUT2D eigenvalue weighted by Gasteiger charge is 2.22. The summed E-state index contributed by atoms with van der Waals surface area (Å²) in [6.07, 6.45) is 0.198. The van der Waals surface area contributed by atoms with Crippen molar-refractivity contribution < 1.29 is 14.0 Å². The zero-order valence-corrected chi connectivity index (χ0v) is 9.14.